The summed E-state index contributed by atoms with van der Waals surface area (Å²) in [6.07, 6.45) is 6.31. The standard InChI is InChI=1S/C25H28N6O/c1-29(2)12-13-31-24-8-11-30(17-20-6-10-27-28-20)16-19(24)14-23(25(31)32)22-5-3-4-18-15-26-9-7-21(18)22/h3-7,9-10,14-15H,8,11-13,16-17H2,1-2H3,(H,27,28). The van der Waals surface area contributed by atoms with Crippen LogP contribution in [0.25, 0.3) is 21.9 Å². The number of pyridine rings is 2. The topological polar surface area (TPSA) is 70.1 Å². The van der Waals surface area contributed by atoms with E-state index in [1.165, 1.54) is 11.3 Å². The minimum atomic E-state index is 0.0944. The van der Waals surface area contributed by atoms with Crippen molar-refractivity contribution in [2.24, 2.45) is 0 Å². The summed E-state index contributed by atoms with van der Waals surface area (Å²) in [7, 11) is 4.09. The van der Waals surface area contributed by atoms with Crippen molar-refractivity contribution < 1.29 is 0 Å². The molecule has 0 unspecified atom stereocenters. The SMILES string of the molecule is CN(C)CCn1c2c(cc(-c3cccc4cnccc34)c1=O)CN(Cc1ccn[nH]1)CC2. The van der Waals surface area contributed by atoms with Crippen molar-refractivity contribution in [2.75, 3.05) is 27.2 Å². The summed E-state index contributed by atoms with van der Waals surface area (Å²) in [4.78, 5) is 22.5. The first-order valence-electron chi connectivity index (χ1n) is 11.0. The van der Waals surface area contributed by atoms with Crippen LogP contribution < -0.4 is 5.56 Å². The number of fused-ring (bicyclic) bond motifs is 2. The lowest BCUT2D eigenvalue weighted by Crippen LogP contribution is -2.37. The predicted octanol–water partition coefficient (Wildman–Crippen LogP) is 2.91. The number of nitrogens with zero attached hydrogens (tertiary/aromatic N) is 5. The lowest BCUT2D eigenvalue weighted by atomic mass is 9.96. The number of nitrogens with one attached hydrogen (secondary N) is 1. The molecule has 0 radical (unpaired) electrons. The molecule has 1 N–H and O–H groups in total. The fourth-order valence-electron chi connectivity index (χ4n) is 4.61. The van der Waals surface area contributed by atoms with Gasteiger partial charge in [-0.1, -0.05) is 18.2 Å². The van der Waals surface area contributed by atoms with Gasteiger partial charge in [0.2, 0.25) is 0 Å². The highest BCUT2D eigenvalue weighted by Crippen LogP contribution is 2.29. The Balaban J connectivity index is 1.61. The van der Waals surface area contributed by atoms with Gasteiger partial charge in [0.25, 0.3) is 5.56 Å². The number of hydrogen-bond acceptors (Lipinski definition) is 5. The van der Waals surface area contributed by atoms with Crippen LogP contribution in [-0.2, 0) is 26.1 Å². The van der Waals surface area contributed by atoms with Crippen LogP contribution >= 0.6 is 0 Å². The van der Waals surface area contributed by atoms with E-state index in [4.69, 9.17) is 0 Å². The van der Waals surface area contributed by atoms with Crippen LogP contribution in [0.2, 0.25) is 0 Å². The molecule has 4 aromatic rings. The van der Waals surface area contributed by atoms with Crippen LogP contribution in [-0.4, -0.2) is 56.7 Å². The molecular weight excluding hydrogens is 400 g/mol. The Morgan fingerprint density at radius 2 is 2.03 bits per heavy atom. The van der Waals surface area contributed by atoms with Crippen LogP contribution in [0.15, 0.2) is 59.8 Å². The number of aromatic nitrogens is 4. The molecule has 164 valence electrons. The zero-order valence-corrected chi connectivity index (χ0v) is 18.6. The molecule has 5 rings (SSSR count). The summed E-state index contributed by atoms with van der Waals surface area (Å²) in [6.45, 7) is 4.08. The van der Waals surface area contributed by atoms with Crippen LogP contribution in [0.1, 0.15) is 17.0 Å². The quantitative estimate of drug-likeness (QED) is 0.511. The zero-order valence-electron chi connectivity index (χ0n) is 18.6. The highest BCUT2D eigenvalue weighted by atomic mass is 16.1. The van der Waals surface area contributed by atoms with Gasteiger partial charge in [0, 0.05) is 80.1 Å². The Kier molecular flexibility index (Phi) is 5.59. The van der Waals surface area contributed by atoms with Crippen molar-refractivity contribution in [3.63, 3.8) is 0 Å². The Labute approximate surface area is 187 Å². The van der Waals surface area contributed by atoms with E-state index >= 15 is 0 Å². The van der Waals surface area contributed by atoms with E-state index in [2.05, 4.69) is 31.0 Å². The highest BCUT2D eigenvalue weighted by molar-refractivity contribution is 5.96. The van der Waals surface area contributed by atoms with Crippen molar-refractivity contribution in [3.8, 4) is 11.1 Å². The van der Waals surface area contributed by atoms with Gasteiger partial charge < -0.3 is 9.47 Å². The lowest BCUT2D eigenvalue weighted by molar-refractivity contribution is 0.236. The fourth-order valence-corrected chi connectivity index (χ4v) is 4.61. The molecule has 1 aromatic carbocycles. The van der Waals surface area contributed by atoms with Crippen molar-refractivity contribution in [2.45, 2.75) is 26.1 Å². The molecule has 0 saturated heterocycles. The number of rotatable bonds is 6. The van der Waals surface area contributed by atoms with Crippen molar-refractivity contribution in [1.82, 2.24) is 29.5 Å². The number of H-pyrrole nitrogens is 1. The summed E-state index contributed by atoms with van der Waals surface area (Å²) in [5, 5.41) is 9.24. The number of hydrogen-bond donors (Lipinski definition) is 1. The molecule has 3 aromatic heterocycles. The molecule has 0 fully saturated rings. The van der Waals surface area contributed by atoms with Gasteiger partial charge in [0.15, 0.2) is 0 Å². The van der Waals surface area contributed by atoms with E-state index in [-0.39, 0.29) is 5.56 Å². The summed E-state index contributed by atoms with van der Waals surface area (Å²) < 4.78 is 2.01. The minimum Gasteiger partial charge on any atom is -0.310 e. The maximum Gasteiger partial charge on any atom is 0.258 e. The molecule has 1 aliphatic heterocycles. The molecule has 0 aliphatic carbocycles. The van der Waals surface area contributed by atoms with Gasteiger partial charge in [-0.15, -0.1) is 0 Å². The van der Waals surface area contributed by atoms with Gasteiger partial charge in [-0.3, -0.25) is 19.8 Å². The molecule has 7 heteroatoms. The van der Waals surface area contributed by atoms with Gasteiger partial charge in [-0.25, -0.2) is 0 Å². The molecule has 4 heterocycles. The van der Waals surface area contributed by atoms with E-state index < -0.39 is 0 Å². The van der Waals surface area contributed by atoms with Crippen LogP contribution in [0.4, 0.5) is 0 Å². The first-order chi connectivity index (χ1) is 15.6. The van der Waals surface area contributed by atoms with E-state index in [0.29, 0.717) is 6.54 Å². The second-order valence-corrected chi connectivity index (χ2v) is 8.73. The third-order valence-electron chi connectivity index (χ3n) is 6.24. The molecule has 0 saturated carbocycles. The second kappa shape index (κ2) is 8.68. The summed E-state index contributed by atoms with van der Waals surface area (Å²) >= 11 is 0. The maximum absolute atomic E-state index is 13.7. The third kappa shape index (κ3) is 3.97. The first kappa shape index (κ1) is 20.6. The van der Waals surface area contributed by atoms with Crippen LogP contribution in [0.5, 0.6) is 0 Å². The zero-order chi connectivity index (χ0) is 22.1. The average Bonchev–Trinajstić information content (AvgIpc) is 3.31. The normalized spacial score (nSPS) is 14.2. The maximum atomic E-state index is 13.7. The number of benzene rings is 1. The molecular formula is C25H28N6O. The summed E-state index contributed by atoms with van der Waals surface area (Å²) in [5.41, 5.74) is 5.34. The van der Waals surface area contributed by atoms with E-state index in [0.717, 1.165) is 60.2 Å². The Bertz CT molecular complexity index is 1290. The molecule has 1 aliphatic rings. The second-order valence-electron chi connectivity index (χ2n) is 8.73. The molecule has 0 bridgehead atoms. The first-order valence-corrected chi connectivity index (χ1v) is 11.0. The summed E-state index contributed by atoms with van der Waals surface area (Å²) in [5.74, 6) is 0. The average molecular weight is 429 g/mol. The minimum absolute atomic E-state index is 0.0944. The van der Waals surface area contributed by atoms with Crippen molar-refractivity contribution in [1.29, 1.82) is 0 Å². The van der Waals surface area contributed by atoms with Crippen LogP contribution in [0, 0.1) is 0 Å². The highest BCUT2D eigenvalue weighted by Gasteiger charge is 2.23. The van der Waals surface area contributed by atoms with E-state index in [1.807, 2.05) is 55.2 Å². The van der Waals surface area contributed by atoms with Gasteiger partial charge in [-0.05, 0) is 48.8 Å². The largest absolute Gasteiger partial charge is 0.310 e. The molecule has 0 amide bonds. The molecule has 0 spiro atoms. The van der Waals surface area contributed by atoms with E-state index in [1.54, 1.807) is 12.4 Å². The fraction of sp³-hybridized carbons (Fsp3) is 0.320. The van der Waals surface area contributed by atoms with E-state index in [9.17, 15) is 4.79 Å². The Morgan fingerprint density at radius 1 is 1.12 bits per heavy atom. The number of likely N-dealkylation sites (N-methyl/N-ethyl adjacent to an activating group) is 1. The van der Waals surface area contributed by atoms with Crippen LogP contribution in [0.3, 0.4) is 0 Å². The molecule has 7 nitrogen and oxygen atoms in total. The van der Waals surface area contributed by atoms with Gasteiger partial charge in [0.05, 0.1) is 0 Å². The van der Waals surface area contributed by atoms with Crippen molar-refractivity contribution >= 4 is 10.8 Å². The third-order valence-corrected chi connectivity index (χ3v) is 6.24. The predicted molar refractivity (Wildman–Crippen MR) is 126 cm³/mol. The van der Waals surface area contributed by atoms with Gasteiger partial charge >= 0.3 is 0 Å². The Morgan fingerprint density at radius 3 is 2.84 bits per heavy atom. The lowest BCUT2D eigenvalue weighted by Gasteiger charge is -2.31. The molecule has 32 heavy (non-hydrogen) atoms. The molecule has 0 atom stereocenters. The van der Waals surface area contributed by atoms with Gasteiger partial charge in [-0.2, -0.15) is 5.10 Å². The smallest absolute Gasteiger partial charge is 0.258 e. The number of aromatic amines is 1. The van der Waals surface area contributed by atoms with Gasteiger partial charge in [0.1, 0.15) is 0 Å². The monoisotopic (exact) mass is 428 g/mol. The van der Waals surface area contributed by atoms with Crippen molar-refractivity contribution in [3.05, 3.63) is 82.3 Å². The Hall–Kier alpha value is -3.29. The summed E-state index contributed by atoms with van der Waals surface area (Å²) in [6, 6.07) is 12.2.